The Bertz CT molecular complexity index is 239. The molecule has 6 nitrogen and oxygen atoms in total. The number of nitrogens with zero attached hydrogens (tertiary/aromatic N) is 1. The Morgan fingerprint density at radius 3 is 2.77 bits per heavy atom. The van der Waals surface area contributed by atoms with Crippen LogP contribution in [-0.4, -0.2) is 32.6 Å². The van der Waals surface area contributed by atoms with Crippen molar-refractivity contribution in [3.8, 4) is 0 Å². The van der Waals surface area contributed by atoms with Crippen LogP contribution in [0.1, 0.15) is 5.69 Å². The van der Waals surface area contributed by atoms with E-state index in [0.717, 1.165) is 5.69 Å². The topological polar surface area (TPSA) is 124 Å². The van der Waals surface area contributed by atoms with Crippen molar-refractivity contribution in [3.63, 3.8) is 0 Å². The second kappa shape index (κ2) is 6.41. The van der Waals surface area contributed by atoms with Crippen LogP contribution < -0.4 is 5.73 Å². The molecular weight excluding hydrogens is 203 g/mol. The molecule has 1 aromatic rings. The highest BCUT2D eigenvalue weighted by Crippen LogP contribution is 1.95. The summed E-state index contributed by atoms with van der Waals surface area (Å²) >= 11 is 0. The summed E-state index contributed by atoms with van der Waals surface area (Å²) in [6, 6.07) is -0.851. The third-order valence-corrected chi connectivity index (χ3v) is 1.31. The minimum Gasteiger partial charge on any atom is -0.480 e. The Morgan fingerprint density at radius 1 is 1.77 bits per heavy atom. The molecular formula is C6H12ClN3O3. The van der Waals surface area contributed by atoms with E-state index in [1.165, 1.54) is 6.33 Å². The fourth-order valence-corrected chi connectivity index (χ4v) is 0.721. The van der Waals surface area contributed by atoms with Crippen LogP contribution in [0.25, 0.3) is 0 Å². The van der Waals surface area contributed by atoms with Crippen LogP contribution in [0.5, 0.6) is 0 Å². The van der Waals surface area contributed by atoms with Crippen molar-refractivity contribution in [1.29, 1.82) is 0 Å². The van der Waals surface area contributed by atoms with Gasteiger partial charge in [0.05, 0.1) is 6.33 Å². The fraction of sp³-hybridized carbons (Fsp3) is 0.333. The van der Waals surface area contributed by atoms with Gasteiger partial charge >= 0.3 is 5.97 Å². The number of hydrogen-bond acceptors (Lipinski definition) is 3. The molecule has 1 heterocycles. The maximum atomic E-state index is 10.3. The summed E-state index contributed by atoms with van der Waals surface area (Å²) in [5.41, 5.74) is 6.00. The zero-order valence-corrected chi connectivity index (χ0v) is 7.54. The molecule has 0 aromatic carbocycles. The highest BCUT2D eigenvalue weighted by molar-refractivity contribution is 5.85. The van der Waals surface area contributed by atoms with E-state index >= 15 is 0 Å². The SMILES string of the molecule is Cl.N[13C@@H]([13CH2][13c]1[13cH]n[13cH][nH]1)[13C](=O)O.O. The number of H-pyrrole nitrogens is 1. The number of imidazole rings is 1. The average Bonchev–Trinajstić information content (AvgIpc) is 2.39. The Kier molecular flexibility index (Phi) is 7.11. The van der Waals surface area contributed by atoms with Gasteiger partial charge in [0.2, 0.25) is 0 Å². The van der Waals surface area contributed by atoms with Crippen molar-refractivity contribution in [3.05, 3.63) is 18.2 Å². The summed E-state index contributed by atoms with van der Waals surface area (Å²) in [6.07, 6.45) is 3.34. The lowest BCUT2D eigenvalue weighted by Crippen LogP contribution is -2.32. The summed E-state index contributed by atoms with van der Waals surface area (Å²) in [7, 11) is 0. The molecule has 0 radical (unpaired) electrons. The van der Waals surface area contributed by atoms with Gasteiger partial charge in [0.1, 0.15) is 6.04 Å². The third-order valence-electron chi connectivity index (χ3n) is 1.31. The Balaban J connectivity index is 0. The number of carboxylic acids is 1. The molecule has 76 valence electrons. The monoisotopic (exact) mass is 215 g/mol. The zero-order chi connectivity index (χ0) is 8.27. The molecule has 1 aromatic heterocycles. The van der Waals surface area contributed by atoms with Gasteiger partial charge in [-0.15, -0.1) is 12.4 Å². The van der Waals surface area contributed by atoms with E-state index in [9.17, 15) is 4.79 Å². The standard InChI is InChI=1S/C6H9N3O2.ClH.H2O/c7-5(6(10)11)1-4-2-8-3-9-4;;/h2-3,5H,1,7H2,(H,8,9)(H,10,11);1H;1H2/t5-;;/m0../s1/i1+1,2+1,3+1,4+1,5+1,6+1;;. The molecule has 0 fully saturated rings. The second-order valence-corrected chi connectivity index (χ2v) is 2.23. The molecule has 0 aliphatic rings. The first kappa shape index (κ1) is 14.4. The number of carboxylic acid groups (broad SMARTS) is 1. The molecule has 1 rings (SSSR count). The van der Waals surface area contributed by atoms with Crippen LogP contribution in [0.2, 0.25) is 0 Å². The van der Waals surface area contributed by atoms with Crippen molar-refractivity contribution in [1.82, 2.24) is 9.97 Å². The maximum Gasteiger partial charge on any atom is 0.320 e. The van der Waals surface area contributed by atoms with Crippen LogP contribution in [0.4, 0.5) is 0 Å². The van der Waals surface area contributed by atoms with Crippen LogP contribution in [0, 0.1) is 0 Å². The summed E-state index contributed by atoms with van der Waals surface area (Å²) in [4.78, 5) is 16.8. The molecule has 13 heavy (non-hydrogen) atoms. The lowest BCUT2D eigenvalue weighted by molar-refractivity contribution is -0.138. The van der Waals surface area contributed by atoms with Crippen molar-refractivity contribution in [2.45, 2.75) is 12.5 Å². The predicted molar refractivity (Wildman–Crippen MR) is 48.8 cm³/mol. The normalized spacial score (nSPS) is 10.8. The second-order valence-electron chi connectivity index (χ2n) is 2.23. The summed E-state index contributed by atoms with van der Waals surface area (Å²) in [5.74, 6) is -1.00. The number of halogens is 1. The summed E-state index contributed by atoms with van der Waals surface area (Å²) in [6.45, 7) is 0. The number of rotatable bonds is 3. The minimum atomic E-state index is -1.00. The van der Waals surface area contributed by atoms with Gasteiger partial charge < -0.3 is 21.3 Å². The molecule has 0 amide bonds. The number of aromatic nitrogens is 2. The Hall–Kier alpha value is -1.11. The van der Waals surface area contributed by atoms with Gasteiger partial charge in [0, 0.05) is 18.3 Å². The number of nitrogens with two attached hydrogens (primary N) is 1. The number of hydrogen-bond donors (Lipinski definition) is 3. The number of aromatic amines is 1. The maximum absolute atomic E-state index is 10.3. The van der Waals surface area contributed by atoms with Gasteiger partial charge in [-0.25, -0.2) is 4.98 Å². The molecule has 0 saturated heterocycles. The van der Waals surface area contributed by atoms with Crippen LogP contribution in [0.15, 0.2) is 12.5 Å². The predicted octanol–water partition coefficient (Wildman–Crippen LogP) is -1.04. The lowest BCUT2D eigenvalue weighted by Gasteiger charge is -2.02. The van der Waals surface area contributed by atoms with E-state index < -0.39 is 12.0 Å². The first-order chi connectivity index (χ1) is 5.20. The van der Waals surface area contributed by atoms with Gasteiger partial charge in [-0.05, 0) is 0 Å². The molecule has 0 spiro atoms. The highest BCUT2D eigenvalue weighted by atomic mass is 35.5. The van der Waals surface area contributed by atoms with Crippen LogP contribution in [0.3, 0.4) is 0 Å². The lowest BCUT2D eigenvalue weighted by atomic mass is 11.1. The summed E-state index contributed by atoms with van der Waals surface area (Å²) < 4.78 is 0. The van der Waals surface area contributed by atoms with Gasteiger partial charge in [0.25, 0.3) is 0 Å². The molecule has 0 bridgehead atoms. The first-order valence-electron chi connectivity index (χ1n) is 3.16. The molecule has 1 atom stereocenters. The molecule has 0 aliphatic heterocycles. The molecule has 6 N–H and O–H groups in total. The van der Waals surface area contributed by atoms with E-state index in [1.807, 2.05) is 0 Å². The van der Waals surface area contributed by atoms with Gasteiger partial charge in [0.15, 0.2) is 0 Å². The zero-order valence-electron chi connectivity index (χ0n) is 6.73. The minimum absolute atomic E-state index is 0. The fourth-order valence-electron chi connectivity index (χ4n) is 0.721. The largest absolute Gasteiger partial charge is 0.480 e. The van der Waals surface area contributed by atoms with Crippen molar-refractivity contribution in [2.24, 2.45) is 5.73 Å². The number of carbonyl (C=O) groups is 1. The van der Waals surface area contributed by atoms with Crippen molar-refractivity contribution in [2.75, 3.05) is 0 Å². The first-order valence-corrected chi connectivity index (χ1v) is 3.16. The third kappa shape index (κ3) is 4.46. The smallest absolute Gasteiger partial charge is 0.320 e. The van der Waals surface area contributed by atoms with Crippen LogP contribution in [-0.2, 0) is 11.2 Å². The Morgan fingerprint density at radius 2 is 2.38 bits per heavy atom. The van der Waals surface area contributed by atoms with Gasteiger partial charge in [-0.2, -0.15) is 0 Å². The summed E-state index contributed by atoms with van der Waals surface area (Å²) in [5, 5.41) is 8.42. The van der Waals surface area contributed by atoms with E-state index in [0.29, 0.717) is 0 Å². The van der Waals surface area contributed by atoms with Crippen LogP contribution >= 0.6 is 12.4 Å². The molecule has 0 unspecified atom stereocenters. The van der Waals surface area contributed by atoms with Gasteiger partial charge in [-0.1, -0.05) is 0 Å². The highest BCUT2D eigenvalue weighted by Gasteiger charge is 2.11. The van der Waals surface area contributed by atoms with E-state index in [-0.39, 0.29) is 24.3 Å². The average molecular weight is 216 g/mol. The quantitative estimate of drug-likeness (QED) is 0.557. The molecule has 0 saturated carbocycles. The van der Waals surface area contributed by atoms with Crippen molar-refractivity contribution < 1.29 is 15.4 Å². The molecule has 0 aliphatic carbocycles. The number of nitrogens with one attached hydrogen (secondary N) is 1. The number of aliphatic carboxylic acids is 1. The van der Waals surface area contributed by atoms with E-state index in [2.05, 4.69) is 9.97 Å². The van der Waals surface area contributed by atoms with Crippen molar-refractivity contribution >= 4 is 18.4 Å². The van der Waals surface area contributed by atoms with E-state index in [4.69, 9.17) is 10.8 Å². The van der Waals surface area contributed by atoms with E-state index in [1.54, 1.807) is 6.20 Å². The Labute approximate surface area is 80.9 Å². The molecule has 7 heteroatoms. The van der Waals surface area contributed by atoms with Gasteiger partial charge in [-0.3, -0.25) is 4.79 Å².